The largest absolute Gasteiger partial charge is 0.395 e. The maximum Gasteiger partial charge on any atom is 0.226 e. The van der Waals surface area contributed by atoms with E-state index in [1.54, 1.807) is 11.0 Å². The number of hydrogen-bond acceptors (Lipinski definition) is 2. The summed E-state index contributed by atoms with van der Waals surface area (Å²) in [5.41, 5.74) is 0. The zero-order valence-corrected chi connectivity index (χ0v) is 9.36. The van der Waals surface area contributed by atoms with E-state index in [0.29, 0.717) is 19.0 Å². The summed E-state index contributed by atoms with van der Waals surface area (Å²) in [5, 5.41) is 8.80. The van der Waals surface area contributed by atoms with Gasteiger partial charge in [-0.2, -0.15) is 0 Å². The summed E-state index contributed by atoms with van der Waals surface area (Å²) in [6, 6.07) is 0. The minimum atomic E-state index is 0.00139. The highest BCUT2D eigenvalue weighted by Gasteiger charge is 2.21. The molecular formula is C11H21NO2. The van der Waals surface area contributed by atoms with Gasteiger partial charge in [0.2, 0.25) is 5.91 Å². The van der Waals surface area contributed by atoms with Crippen LogP contribution in [0.5, 0.6) is 0 Å². The van der Waals surface area contributed by atoms with Gasteiger partial charge in [-0.3, -0.25) is 4.79 Å². The lowest BCUT2D eigenvalue weighted by Crippen LogP contribution is -2.38. The van der Waals surface area contributed by atoms with Crippen molar-refractivity contribution in [2.75, 3.05) is 19.7 Å². The van der Waals surface area contributed by atoms with E-state index in [4.69, 9.17) is 5.11 Å². The number of hydrogen-bond donors (Lipinski definition) is 1. The highest BCUT2D eigenvalue weighted by atomic mass is 16.3. The Morgan fingerprint density at radius 1 is 1.50 bits per heavy atom. The zero-order chi connectivity index (χ0) is 11.1. The molecular weight excluding hydrogens is 178 g/mol. The second kappa shape index (κ2) is 6.60. The third-order valence-corrected chi connectivity index (χ3v) is 2.42. The van der Waals surface area contributed by atoms with E-state index in [-0.39, 0.29) is 18.4 Å². The van der Waals surface area contributed by atoms with Crippen molar-refractivity contribution in [3.8, 4) is 0 Å². The number of aliphatic hydroxyl groups is 1. The van der Waals surface area contributed by atoms with Crippen molar-refractivity contribution in [1.82, 2.24) is 4.90 Å². The predicted molar refractivity (Wildman–Crippen MR) is 57.9 cm³/mol. The van der Waals surface area contributed by atoms with E-state index < -0.39 is 0 Å². The van der Waals surface area contributed by atoms with Gasteiger partial charge in [0, 0.05) is 19.0 Å². The third-order valence-electron chi connectivity index (χ3n) is 2.42. The van der Waals surface area contributed by atoms with Crippen molar-refractivity contribution in [1.29, 1.82) is 0 Å². The van der Waals surface area contributed by atoms with Gasteiger partial charge in [-0.25, -0.2) is 0 Å². The van der Waals surface area contributed by atoms with Crippen LogP contribution in [-0.2, 0) is 4.79 Å². The molecule has 0 heterocycles. The summed E-state index contributed by atoms with van der Waals surface area (Å²) in [7, 11) is 0. The average molecular weight is 199 g/mol. The molecule has 1 atom stereocenters. The number of carbonyl (C=O) groups is 1. The van der Waals surface area contributed by atoms with E-state index in [1.807, 2.05) is 20.8 Å². The quantitative estimate of drug-likeness (QED) is 0.655. The summed E-state index contributed by atoms with van der Waals surface area (Å²) in [5.74, 6) is 0.420. The molecule has 0 saturated heterocycles. The fourth-order valence-electron chi connectivity index (χ4n) is 1.14. The van der Waals surface area contributed by atoms with Crippen LogP contribution in [0, 0.1) is 11.8 Å². The Hall–Kier alpha value is -0.830. The molecule has 3 heteroatoms. The van der Waals surface area contributed by atoms with E-state index in [1.165, 1.54) is 0 Å². The van der Waals surface area contributed by atoms with Crippen LogP contribution in [0.15, 0.2) is 12.7 Å². The fraction of sp³-hybridized carbons (Fsp3) is 0.727. The highest BCUT2D eigenvalue weighted by Crippen LogP contribution is 2.13. The molecule has 0 aliphatic heterocycles. The molecule has 0 aliphatic rings. The maximum absolute atomic E-state index is 11.8. The molecule has 1 amide bonds. The van der Waals surface area contributed by atoms with Crippen LogP contribution in [0.2, 0.25) is 0 Å². The molecule has 82 valence electrons. The Labute approximate surface area is 86.4 Å². The molecule has 1 unspecified atom stereocenters. The molecule has 0 spiro atoms. The molecule has 1 N–H and O–H groups in total. The molecule has 0 fully saturated rings. The van der Waals surface area contributed by atoms with Gasteiger partial charge in [-0.1, -0.05) is 26.8 Å². The van der Waals surface area contributed by atoms with Crippen LogP contribution >= 0.6 is 0 Å². The Morgan fingerprint density at radius 2 is 2.07 bits per heavy atom. The Bertz CT molecular complexity index is 190. The molecule has 14 heavy (non-hydrogen) atoms. The molecule has 0 aromatic carbocycles. The first-order valence-corrected chi connectivity index (χ1v) is 5.05. The first-order chi connectivity index (χ1) is 6.54. The topological polar surface area (TPSA) is 40.5 Å². The summed E-state index contributed by atoms with van der Waals surface area (Å²) < 4.78 is 0. The number of aliphatic hydroxyl groups excluding tert-OH is 1. The lowest BCUT2D eigenvalue weighted by atomic mass is 9.96. The van der Waals surface area contributed by atoms with Gasteiger partial charge >= 0.3 is 0 Å². The summed E-state index contributed by atoms with van der Waals surface area (Å²) >= 11 is 0. The number of amides is 1. The van der Waals surface area contributed by atoms with Gasteiger partial charge < -0.3 is 10.0 Å². The molecule has 0 aliphatic carbocycles. The van der Waals surface area contributed by atoms with Gasteiger partial charge in [0.25, 0.3) is 0 Å². The molecule has 3 nitrogen and oxygen atoms in total. The molecule has 0 aromatic heterocycles. The van der Waals surface area contributed by atoms with Crippen LogP contribution in [0.25, 0.3) is 0 Å². The van der Waals surface area contributed by atoms with Crippen LogP contribution in [0.1, 0.15) is 20.8 Å². The van der Waals surface area contributed by atoms with Gasteiger partial charge in [-0.05, 0) is 5.92 Å². The van der Waals surface area contributed by atoms with Crippen LogP contribution in [0.3, 0.4) is 0 Å². The third kappa shape index (κ3) is 3.92. The maximum atomic E-state index is 11.8. The molecule has 0 saturated carbocycles. The Balaban J connectivity index is 4.33. The van der Waals surface area contributed by atoms with E-state index in [0.717, 1.165) is 0 Å². The summed E-state index contributed by atoms with van der Waals surface area (Å²) in [6.07, 6.45) is 1.68. The highest BCUT2D eigenvalue weighted by molar-refractivity contribution is 5.78. The average Bonchev–Trinajstić information content (AvgIpc) is 2.15. The second-order valence-corrected chi connectivity index (χ2v) is 3.83. The Morgan fingerprint density at radius 3 is 2.43 bits per heavy atom. The van der Waals surface area contributed by atoms with Crippen molar-refractivity contribution < 1.29 is 9.90 Å². The van der Waals surface area contributed by atoms with Crippen molar-refractivity contribution in [2.24, 2.45) is 11.8 Å². The van der Waals surface area contributed by atoms with Crippen molar-refractivity contribution >= 4 is 5.91 Å². The lowest BCUT2D eigenvalue weighted by molar-refractivity contribution is -0.136. The fourth-order valence-corrected chi connectivity index (χ4v) is 1.14. The van der Waals surface area contributed by atoms with E-state index in [2.05, 4.69) is 6.58 Å². The summed E-state index contributed by atoms with van der Waals surface area (Å²) in [4.78, 5) is 13.5. The van der Waals surface area contributed by atoms with Crippen LogP contribution in [0.4, 0.5) is 0 Å². The lowest BCUT2D eigenvalue weighted by Gasteiger charge is -2.25. The number of nitrogens with zero attached hydrogens (tertiary/aromatic N) is 1. The van der Waals surface area contributed by atoms with Crippen molar-refractivity contribution in [2.45, 2.75) is 20.8 Å². The zero-order valence-electron chi connectivity index (χ0n) is 9.36. The normalized spacial score (nSPS) is 12.6. The van der Waals surface area contributed by atoms with E-state index in [9.17, 15) is 4.79 Å². The molecule has 0 rings (SSSR count). The number of rotatable bonds is 6. The number of carbonyl (C=O) groups excluding carboxylic acids is 1. The molecule has 0 bridgehead atoms. The molecule has 0 aromatic rings. The first kappa shape index (κ1) is 13.2. The SMILES string of the molecule is C=CCN(CCO)C(=O)C(C)C(C)C. The first-order valence-electron chi connectivity index (χ1n) is 5.05. The van der Waals surface area contributed by atoms with Crippen LogP contribution in [-0.4, -0.2) is 35.6 Å². The van der Waals surface area contributed by atoms with Gasteiger partial charge in [0.15, 0.2) is 0 Å². The van der Waals surface area contributed by atoms with E-state index >= 15 is 0 Å². The van der Waals surface area contributed by atoms with Crippen LogP contribution < -0.4 is 0 Å². The van der Waals surface area contributed by atoms with Gasteiger partial charge in [-0.15, -0.1) is 6.58 Å². The van der Waals surface area contributed by atoms with Gasteiger partial charge in [0.1, 0.15) is 0 Å². The summed E-state index contributed by atoms with van der Waals surface area (Å²) in [6.45, 7) is 10.5. The standard InChI is InChI=1S/C11H21NO2/c1-5-6-12(7-8-13)11(14)10(4)9(2)3/h5,9-10,13H,1,6-8H2,2-4H3. The van der Waals surface area contributed by atoms with Crippen molar-refractivity contribution in [3.63, 3.8) is 0 Å². The minimum Gasteiger partial charge on any atom is -0.395 e. The van der Waals surface area contributed by atoms with Crippen molar-refractivity contribution in [3.05, 3.63) is 12.7 Å². The second-order valence-electron chi connectivity index (χ2n) is 3.83. The monoisotopic (exact) mass is 199 g/mol. The minimum absolute atomic E-state index is 0.00139. The molecule has 0 radical (unpaired) electrons. The Kier molecular flexibility index (Phi) is 6.21. The van der Waals surface area contributed by atoms with Gasteiger partial charge in [0.05, 0.1) is 6.61 Å². The smallest absolute Gasteiger partial charge is 0.226 e. The predicted octanol–water partition coefficient (Wildman–Crippen LogP) is 1.29.